The van der Waals surface area contributed by atoms with Gasteiger partial charge in [0.05, 0.1) is 24.1 Å². The quantitative estimate of drug-likeness (QED) is 0.382. The Balaban J connectivity index is 1.51. The molecule has 3 rings (SSSR count). The van der Waals surface area contributed by atoms with Crippen molar-refractivity contribution in [2.75, 3.05) is 12.9 Å². The van der Waals surface area contributed by atoms with Crippen LogP contribution >= 0.6 is 11.8 Å². The van der Waals surface area contributed by atoms with Crippen molar-refractivity contribution in [3.05, 3.63) is 65.2 Å². The lowest BCUT2D eigenvalue weighted by Crippen LogP contribution is -2.24. The molecular formula is C22H25N5O3S. The molecule has 1 amide bonds. The maximum absolute atomic E-state index is 12.2. The van der Waals surface area contributed by atoms with Gasteiger partial charge in [0.1, 0.15) is 0 Å². The molecule has 0 saturated carbocycles. The number of aryl methyl sites for hydroxylation is 1. The molecule has 0 aliphatic rings. The molecule has 9 heteroatoms. The van der Waals surface area contributed by atoms with Crippen LogP contribution in [0, 0.1) is 0 Å². The Morgan fingerprint density at radius 3 is 2.45 bits per heavy atom. The number of thioether (sulfide) groups is 1. The lowest BCUT2D eigenvalue weighted by Gasteiger charge is -2.07. The van der Waals surface area contributed by atoms with Crippen molar-refractivity contribution in [3.63, 3.8) is 0 Å². The first kappa shape index (κ1) is 22.5. The van der Waals surface area contributed by atoms with Crippen LogP contribution in [0.1, 0.15) is 41.3 Å². The Kier molecular flexibility index (Phi) is 8.17. The molecule has 162 valence electrons. The molecule has 3 aromatic rings. The minimum Gasteiger partial charge on any atom is -0.465 e. The standard InChI is InChI=1S/C22H25N5O3S/c1-3-4-5-16-8-12-19(13-9-16)27-22(24-25-26-27)31-15-20(28)23-14-17-6-10-18(11-7-17)21(29)30-2/h6-13H,3-5,14-15H2,1-2H3,(H,23,28). The first-order chi connectivity index (χ1) is 15.1. The molecule has 0 atom stereocenters. The van der Waals surface area contributed by atoms with Crippen molar-refractivity contribution < 1.29 is 14.3 Å². The van der Waals surface area contributed by atoms with E-state index in [1.807, 2.05) is 12.1 Å². The van der Waals surface area contributed by atoms with Crippen LogP contribution in [0.2, 0.25) is 0 Å². The molecule has 1 N–H and O–H groups in total. The lowest BCUT2D eigenvalue weighted by molar-refractivity contribution is -0.118. The molecule has 0 bridgehead atoms. The van der Waals surface area contributed by atoms with Gasteiger partial charge in [-0.1, -0.05) is 49.4 Å². The molecule has 0 aliphatic carbocycles. The van der Waals surface area contributed by atoms with Crippen LogP contribution in [0.25, 0.3) is 5.69 Å². The van der Waals surface area contributed by atoms with Crippen LogP contribution in [0.4, 0.5) is 0 Å². The summed E-state index contributed by atoms with van der Waals surface area (Å²) >= 11 is 1.27. The molecule has 0 aliphatic heterocycles. The second-order valence-electron chi connectivity index (χ2n) is 6.90. The van der Waals surface area contributed by atoms with Gasteiger partial charge in [0.25, 0.3) is 0 Å². The van der Waals surface area contributed by atoms with Gasteiger partial charge in [-0.3, -0.25) is 4.79 Å². The predicted octanol–water partition coefficient (Wildman–Crippen LogP) is 3.20. The number of nitrogens with one attached hydrogen (secondary N) is 1. The summed E-state index contributed by atoms with van der Waals surface area (Å²) in [5.41, 5.74) is 3.50. The molecule has 31 heavy (non-hydrogen) atoms. The van der Waals surface area contributed by atoms with Gasteiger partial charge < -0.3 is 10.1 Å². The first-order valence-corrected chi connectivity index (χ1v) is 11.0. The SMILES string of the molecule is CCCCc1ccc(-n2nnnc2SCC(=O)NCc2ccc(C(=O)OC)cc2)cc1. The van der Waals surface area contributed by atoms with Crippen molar-refractivity contribution in [2.24, 2.45) is 0 Å². The van der Waals surface area contributed by atoms with Gasteiger partial charge in [-0.25, -0.2) is 4.79 Å². The molecule has 0 fully saturated rings. The maximum atomic E-state index is 12.2. The van der Waals surface area contributed by atoms with E-state index in [1.54, 1.807) is 28.9 Å². The smallest absolute Gasteiger partial charge is 0.337 e. The van der Waals surface area contributed by atoms with Gasteiger partial charge in [-0.2, -0.15) is 4.68 Å². The lowest BCUT2D eigenvalue weighted by atomic mass is 10.1. The number of nitrogens with zero attached hydrogens (tertiary/aromatic N) is 4. The zero-order valence-electron chi connectivity index (χ0n) is 17.6. The third-order valence-corrected chi connectivity index (χ3v) is 5.56. The highest BCUT2D eigenvalue weighted by atomic mass is 32.2. The van der Waals surface area contributed by atoms with Crippen LogP contribution in [0.5, 0.6) is 0 Å². The van der Waals surface area contributed by atoms with E-state index in [9.17, 15) is 9.59 Å². The van der Waals surface area contributed by atoms with E-state index < -0.39 is 0 Å². The third kappa shape index (κ3) is 6.39. The number of aromatic nitrogens is 4. The molecule has 0 unspecified atom stereocenters. The second kappa shape index (κ2) is 11.3. The zero-order chi connectivity index (χ0) is 22.1. The molecule has 2 aromatic carbocycles. The molecule has 1 aromatic heterocycles. The Morgan fingerprint density at radius 2 is 1.77 bits per heavy atom. The van der Waals surface area contributed by atoms with Crippen molar-refractivity contribution >= 4 is 23.6 Å². The highest BCUT2D eigenvalue weighted by molar-refractivity contribution is 7.99. The number of ether oxygens (including phenoxy) is 1. The summed E-state index contributed by atoms with van der Waals surface area (Å²) in [7, 11) is 1.34. The minimum atomic E-state index is -0.389. The minimum absolute atomic E-state index is 0.133. The summed E-state index contributed by atoms with van der Waals surface area (Å²) in [4.78, 5) is 23.7. The van der Waals surface area contributed by atoms with Gasteiger partial charge >= 0.3 is 5.97 Å². The second-order valence-corrected chi connectivity index (χ2v) is 7.84. The normalized spacial score (nSPS) is 10.6. The van der Waals surface area contributed by atoms with Crippen LogP contribution in [-0.4, -0.2) is 44.9 Å². The first-order valence-electron chi connectivity index (χ1n) is 10.0. The molecule has 0 spiro atoms. The van der Waals surface area contributed by atoms with Crippen molar-refractivity contribution in [1.29, 1.82) is 0 Å². The van der Waals surface area contributed by atoms with E-state index in [0.29, 0.717) is 17.3 Å². The average molecular weight is 440 g/mol. The largest absolute Gasteiger partial charge is 0.465 e. The number of carbonyl (C=O) groups excluding carboxylic acids is 2. The fourth-order valence-electron chi connectivity index (χ4n) is 2.87. The van der Waals surface area contributed by atoms with Gasteiger partial charge in [0.2, 0.25) is 11.1 Å². The van der Waals surface area contributed by atoms with E-state index >= 15 is 0 Å². The van der Waals surface area contributed by atoms with Crippen LogP contribution < -0.4 is 5.32 Å². The zero-order valence-corrected chi connectivity index (χ0v) is 18.4. The van der Waals surface area contributed by atoms with E-state index in [4.69, 9.17) is 0 Å². The number of hydrogen-bond acceptors (Lipinski definition) is 7. The Hall–Kier alpha value is -3.20. The predicted molar refractivity (Wildman–Crippen MR) is 118 cm³/mol. The number of rotatable bonds is 10. The van der Waals surface area contributed by atoms with Gasteiger partial charge in [0.15, 0.2) is 0 Å². The number of hydrogen-bond donors (Lipinski definition) is 1. The van der Waals surface area contributed by atoms with Gasteiger partial charge in [0, 0.05) is 6.54 Å². The summed E-state index contributed by atoms with van der Waals surface area (Å²) < 4.78 is 6.31. The van der Waals surface area contributed by atoms with E-state index in [2.05, 4.69) is 44.6 Å². The number of methoxy groups -OCH3 is 1. The van der Waals surface area contributed by atoms with Crippen molar-refractivity contribution in [3.8, 4) is 5.69 Å². The molecule has 8 nitrogen and oxygen atoms in total. The van der Waals surface area contributed by atoms with E-state index in [0.717, 1.165) is 30.5 Å². The van der Waals surface area contributed by atoms with Crippen LogP contribution in [-0.2, 0) is 22.5 Å². The monoisotopic (exact) mass is 439 g/mol. The highest BCUT2D eigenvalue weighted by Gasteiger charge is 2.12. The maximum Gasteiger partial charge on any atom is 0.337 e. The fourth-order valence-corrected chi connectivity index (χ4v) is 3.59. The van der Waals surface area contributed by atoms with E-state index in [1.165, 1.54) is 24.4 Å². The summed E-state index contributed by atoms with van der Waals surface area (Å²) in [6, 6.07) is 15.0. The highest BCUT2D eigenvalue weighted by Crippen LogP contribution is 2.19. The number of unbranched alkanes of at least 4 members (excludes halogenated alkanes) is 1. The average Bonchev–Trinajstić information content (AvgIpc) is 3.29. The number of tetrazole rings is 1. The molecule has 1 heterocycles. The summed E-state index contributed by atoms with van der Waals surface area (Å²) in [6.07, 6.45) is 3.38. The van der Waals surface area contributed by atoms with Gasteiger partial charge in [-0.15, -0.1) is 5.10 Å². The van der Waals surface area contributed by atoms with Crippen molar-refractivity contribution in [2.45, 2.75) is 37.9 Å². The van der Waals surface area contributed by atoms with Gasteiger partial charge in [-0.05, 0) is 58.7 Å². The number of carbonyl (C=O) groups is 2. The summed E-state index contributed by atoms with van der Waals surface area (Å²) in [5, 5.41) is 15.2. The molecular weight excluding hydrogens is 414 g/mol. The Morgan fingerprint density at radius 1 is 1.06 bits per heavy atom. The molecule has 0 radical (unpaired) electrons. The summed E-state index contributed by atoms with van der Waals surface area (Å²) in [5.74, 6) is -0.332. The topological polar surface area (TPSA) is 99.0 Å². The molecule has 0 saturated heterocycles. The number of esters is 1. The number of amides is 1. The number of benzene rings is 2. The fraction of sp³-hybridized carbons (Fsp3) is 0.318. The Bertz CT molecular complexity index is 1000. The summed E-state index contributed by atoms with van der Waals surface area (Å²) in [6.45, 7) is 2.54. The van der Waals surface area contributed by atoms with Crippen LogP contribution in [0.15, 0.2) is 53.7 Å². The van der Waals surface area contributed by atoms with Crippen LogP contribution in [0.3, 0.4) is 0 Å². The Labute approximate surface area is 185 Å². The van der Waals surface area contributed by atoms with E-state index in [-0.39, 0.29) is 17.6 Å². The van der Waals surface area contributed by atoms with Crippen molar-refractivity contribution in [1.82, 2.24) is 25.5 Å². The third-order valence-electron chi connectivity index (χ3n) is 4.64.